The zero-order valence-electron chi connectivity index (χ0n) is 8.58. The van der Waals surface area contributed by atoms with E-state index in [-0.39, 0.29) is 11.6 Å². The summed E-state index contributed by atoms with van der Waals surface area (Å²) in [5, 5.41) is 11.3. The Bertz CT molecular complexity index is 544. The van der Waals surface area contributed by atoms with Gasteiger partial charge in [0.1, 0.15) is 5.82 Å². The summed E-state index contributed by atoms with van der Waals surface area (Å²) in [6, 6.07) is 5.83. The maximum Gasteiger partial charge on any atom is 0.227 e. The lowest BCUT2D eigenvalue weighted by molar-refractivity contribution is -0.115. The molecule has 2 rings (SSSR count). The van der Waals surface area contributed by atoms with Gasteiger partial charge in [-0.1, -0.05) is 17.8 Å². The normalized spacial score (nSPS) is 10.4. The van der Waals surface area contributed by atoms with Crippen molar-refractivity contribution in [3.8, 4) is 5.69 Å². The summed E-state index contributed by atoms with van der Waals surface area (Å²) in [6.07, 6.45) is 0. The first-order valence-corrected chi connectivity index (χ1v) is 5.61. The zero-order valence-corrected chi connectivity index (χ0v) is 9.39. The molecule has 0 radical (unpaired) electrons. The van der Waals surface area contributed by atoms with Crippen LogP contribution in [0.4, 0.5) is 4.39 Å². The van der Waals surface area contributed by atoms with Crippen LogP contribution in [0.15, 0.2) is 29.4 Å². The number of hydrogen-bond donors (Lipinski definition) is 1. The molecule has 88 valence electrons. The maximum absolute atomic E-state index is 13.0. The van der Waals surface area contributed by atoms with Gasteiger partial charge < -0.3 is 5.73 Å². The van der Waals surface area contributed by atoms with Crippen LogP contribution in [0.5, 0.6) is 0 Å². The van der Waals surface area contributed by atoms with E-state index in [9.17, 15) is 9.18 Å². The van der Waals surface area contributed by atoms with Gasteiger partial charge in [-0.3, -0.25) is 4.79 Å². The molecule has 8 heteroatoms. The van der Waals surface area contributed by atoms with E-state index in [4.69, 9.17) is 5.73 Å². The van der Waals surface area contributed by atoms with Crippen LogP contribution >= 0.6 is 11.8 Å². The first kappa shape index (κ1) is 11.5. The Kier molecular flexibility index (Phi) is 3.33. The number of primary amides is 1. The van der Waals surface area contributed by atoms with Crippen molar-refractivity contribution < 1.29 is 9.18 Å². The fourth-order valence-corrected chi connectivity index (χ4v) is 1.80. The SMILES string of the molecule is NC(=O)CSc1nnnn1-c1cccc(F)c1. The van der Waals surface area contributed by atoms with Gasteiger partial charge in [-0.15, -0.1) is 5.10 Å². The van der Waals surface area contributed by atoms with Crippen LogP contribution < -0.4 is 5.73 Å². The van der Waals surface area contributed by atoms with E-state index in [1.165, 1.54) is 16.8 Å². The van der Waals surface area contributed by atoms with E-state index >= 15 is 0 Å². The molecule has 1 amide bonds. The number of amides is 1. The van der Waals surface area contributed by atoms with Crippen LogP contribution in [0.1, 0.15) is 0 Å². The summed E-state index contributed by atoms with van der Waals surface area (Å²) in [4.78, 5) is 10.7. The van der Waals surface area contributed by atoms with Crippen LogP contribution in [-0.2, 0) is 4.79 Å². The first-order chi connectivity index (χ1) is 8.16. The predicted molar refractivity (Wildman–Crippen MR) is 59.0 cm³/mol. The van der Waals surface area contributed by atoms with Crippen molar-refractivity contribution >= 4 is 17.7 Å². The second-order valence-electron chi connectivity index (χ2n) is 3.11. The number of benzene rings is 1. The summed E-state index contributed by atoms with van der Waals surface area (Å²) in [5.74, 6) is -0.789. The standard InChI is InChI=1S/C9H8FN5OS/c10-6-2-1-3-7(4-6)15-9(12-13-14-15)17-5-8(11)16/h1-4H,5H2,(H2,11,16). The molecule has 2 aromatic rings. The van der Waals surface area contributed by atoms with Gasteiger partial charge in [-0.05, 0) is 28.6 Å². The summed E-state index contributed by atoms with van der Waals surface area (Å²) in [5.41, 5.74) is 5.51. The molecule has 1 aromatic heterocycles. The lowest BCUT2D eigenvalue weighted by atomic mass is 10.3. The van der Waals surface area contributed by atoms with Crippen LogP contribution in [0.3, 0.4) is 0 Å². The molecule has 17 heavy (non-hydrogen) atoms. The molecule has 0 aliphatic rings. The van der Waals surface area contributed by atoms with Crippen molar-refractivity contribution in [3.05, 3.63) is 30.1 Å². The fourth-order valence-electron chi connectivity index (χ4n) is 1.17. The van der Waals surface area contributed by atoms with Crippen LogP contribution in [0.2, 0.25) is 0 Å². The van der Waals surface area contributed by atoms with Crippen molar-refractivity contribution in [2.75, 3.05) is 5.75 Å². The fraction of sp³-hybridized carbons (Fsp3) is 0.111. The Morgan fingerprint density at radius 3 is 3.06 bits per heavy atom. The lowest BCUT2D eigenvalue weighted by Gasteiger charge is -2.02. The number of halogens is 1. The highest BCUT2D eigenvalue weighted by Gasteiger charge is 2.10. The molecule has 0 spiro atoms. The quantitative estimate of drug-likeness (QED) is 0.796. The number of tetrazole rings is 1. The summed E-state index contributed by atoms with van der Waals surface area (Å²) < 4.78 is 14.4. The smallest absolute Gasteiger partial charge is 0.227 e. The van der Waals surface area contributed by atoms with Gasteiger partial charge in [0.05, 0.1) is 11.4 Å². The Balaban J connectivity index is 2.27. The minimum atomic E-state index is -0.469. The van der Waals surface area contributed by atoms with Gasteiger partial charge in [-0.25, -0.2) is 4.39 Å². The van der Waals surface area contributed by atoms with Crippen molar-refractivity contribution in [2.24, 2.45) is 5.73 Å². The van der Waals surface area contributed by atoms with Crippen molar-refractivity contribution in [1.82, 2.24) is 20.2 Å². The molecule has 1 aromatic carbocycles. The van der Waals surface area contributed by atoms with Gasteiger partial charge in [0.25, 0.3) is 0 Å². The third kappa shape index (κ3) is 2.78. The number of rotatable bonds is 4. The average molecular weight is 253 g/mol. The van der Waals surface area contributed by atoms with Crippen LogP contribution in [-0.4, -0.2) is 31.9 Å². The molecular weight excluding hydrogens is 245 g/mol. The molecule has 1 heterocycles. The number of carbonyl (C=O) groups is 1. The second-order valence-corrected chi connectivity index (χ2v) is 4.05. The van der Waals surface area contributed by atoms with Crippen LogP contribution in [0, 0.1) is 5.82 Å². The van der Waals surface area contributed by atoms with E-state index in [1.54, 1.807) is 12.1 Å². The number of hydrogen-bond acceptors (Lipinski definition) is 5. The molecule has 0 atom stereocenters. The summed E-state index contributed by atoms with van der Waals surface area (Å²) >= 11 is 1.09. The first-order valence-electron chi connectivity index (χ1n) is 4.62. The van der Waals surface area contributed by atoms with Gasteiger partial charge >= 0.3 is 0 Å². The highest BCUT2D eigenvalue weighted by molar-refractivity contribution is 7.99. The van der Waals surface area contributed by atoms with Gasteiger partial charge in [-0.2, -0.15) is 4.68 Å². The molecule has 0 saturated carbocycles. The number of nitrogens with zero attached hydrogens (tertiary/aromatic N) is 4. The monoisotopic (exact) mass is 253 g/mol. The Morgan fingerprint density at radius 2 is 2.35 bits per heavy atom. The molecule has 2 N–H and O–H groups in total. The third-order valence-corrected chi connectivity index (χ3v) is 2.78. The van der Waals surface area contributed by atoms with Gasteiger partial charge in [0.2, 0.25) is 11.1 Å². The van der Waals surface area contributed by atoms with Gasteiger partial charge in [0, 0.05) is 0 Å². The molecular formula is C9H8FN5OS. The Hall–Kier alpha value is -1.96. The number of carbonyl (C=O) groups excluding carboxylic acids is 1. The topological polar surface area (TPSA) is 86.7 Å². The number of thioether (sulfide) groups is 1. The minimum Gasteiger partial charge on any atom is -0.369 e. The molecule has 0 bridgehead atoms. The average Bonchev–Trinajstić information content (AvgIpc) is 2.74. The summed E-state index contributed by atoms with van der Waals surface area (Å²) in [7, 11) is 0. The highest BCUT2D eigenvalue weighted by Crippen LogP contribution is 2.17. The number of aromatic nitrogens is 4. The lowest BCUT2D eigenvalue weighted by Crippen LogP contribution is -2.13. The maximum atomic E-state index is 13.0. The largest absolute Gasteiger partial charge is 0.369 e. The van der Waals surface area contributed by atoms with Crippen LogP contribution in [0.25, 0.3) is 5.69 Å². The second kappa shape index (κ2) is 4.91. The Morgan fingerprint density at radius 1 is 1.53 bits per heavy atom. The van der Waals surface area contributed by atoms with Crippen molar-refractivity contribution in [3.63, 3.8) is 0 Å². The van der Waals surface area contributed by atoms with Crippen molar-refractivity contribution in [2.45, 2.75) is 5.16 Å². The zero-order chi connectivity index (χ0) is 12.3. The van der Waals surface area contributed by atoms with E-state index in [0.29, 0.717) is 10.8 Å². The van der Waals surface area contributed by atoms with E-state index < -0.39 is 5.91 Å². The molecule has 0 saturated heterocycles. The van der Waals surface area contributed by atoms with E-state index in [2.05, 4.69) is 15.5 Å². The molecule has 0 aliphatic carbocycles. The van der Waals surface area contributed by atoms with Gasteiger partial charge in [0.15, 0.2) is 0 Å². The van der Waals surface area contributed by atoms with E-state index in [1.807, 2.05) is 0 Å². The molecule has 0 aliphatic heterocycles. The number of nitrogens with two attached hydrogens (primary N) is 1. The minimum absolute atomic E-state index is 0.0652. The summed E-state index contributed by atoms with van der Waals surface area (Å²) in [6.45, 7) is 0. The predicted octanol–water partition coefficient (Wildman–Crippen LogP) is 0.379. The third-order valence-electron chi connectivity index (χ3n) is 1.84. The molecule has 0 fully saturated rings. The molecule has 0 unspecified atom stereocenters. The Labute approximate surface area is 100.0 Å². The molecule has 6 nitrogen and oxygen atoms in total. The van der Waals surface area contributed by atoms with E-state index in [0.717, 1.165) is 11.8 Å². The highest BCUT2D eigenvalue weighted by atomic mass is 32.2. The van der Waals surface area contributed by atoms with Crippen molar-refractivity contribution in [1.29, 1.82) is 0 Å².